The summed E-state index contributed by atoms with van der Waals surface area (Å²) in [6.07, 6.45) is 0. The van der Waals surface area contributed by atoms with Crippen molar-refractivity contribution in [2.24, 2.45) is 0 Å². The number of hydrogen-bond acceptors (Lipinski definition) is 4. The summed E-state index contributed by atoms with van der Waals surface area (Å²) in [5.41, 5.74) is 1.36. The number of fused-ring (bicyclic) bond motifs is 1. The number of aliphatic hydroxyl groups excluding tert-OH is 1. The second-order valence-corrected chi connectivity index (χ2v) is 2.88. The summed E-state index contributed by atoms with van der Waals surface area (Å²) in [6.45, 7) is -0.0899. The van der Waals surface area contributed by atoms with Gasteiger partial charge < -0.3 is 20.5 Å². The molecule has 1 heterocycles. The first kappa shape index (κ1) is 8.83. The first-order valence-corrected chi connectivity index (χ1v) is 4.21. The third-order valence-electron chi connectivity index (χ3n) is 1.90. The van der Waals surface area contributed by atoms with Gasteiger partial charge in [-0.1, -0.05) is 0 Å². The number of carbonyl (C=O) groups excluding carboxylic acids is 1. The minimum Gasteiger partial charge on any atom is -0.482 e. The normalized spacial score (nSPS) is 13.9. The van der Waals surface area contributed by atoms with Crippen molar-refractivity contribution in [1.29, 1.82) is 0 Å². The Morgan fingerprint density at radius 3 is 3.21 bits per heavy atom. The summed E-state index contributed by atoms with van der Waals surface area (Å²) in [5.74, 6) is 0.478. The summed E-state index contributed by atoms with van der Waals surface area (Å²) in [4.78, 5) is 11.0. The molecule has 74 valence electrons. The number of amides is 1. The Balaban J connectivity index is 2.28. The minimum absolute atomic E-state index is 0.0553. The molecule has 0 aromatic heterocycles. The highest BCUT2D eigenvalue weighted by Gasteiger charge is 2.15. The predicted molar refractivity (Wildman–Crippen MR) is 51.3 cm³/mol. The topological polar surface area (TPSA) is 70.6 Å². The van der Waals surface area contributed by atoms with Crippen molar-refractivity contribution in [3.05, 3.63) is 18.2 Å². The van der Waals surface area contributed by atoms with Crippen LogP contribution in [-0.2, 0) is 4.79 Å². The number of hydrogen-bond donors (Lipinski definition) is 3. The van der Waals surface area contributed by atoms with Crippen molar-refractivity contribution in [3.63, 3.8) is 0 Å². The average molecular weight is 194 g/mol. The summed E-state index contributed by atoms with van der Waals surface area (Å²) in [5, 5.41) is 14.0. The van der Waals surface area contributed by atoms with Crippen LogP contribution in [0.4, 0.5) is 11.4 Å². The zero-order valence-corrected chi connectivity index (χ0v) is 7.41. The molecule has 0 unspecified atom stereocenters. The van der Waals surface area contributed by atoms with Gasteiger partial charge in [0.2, 0.25) is 0 Å². The van der Waals surface area contributed by atoms with Crippen molar-refractivity contribution >= 4 is 17.3 Å². The van der Waals surface area contributed by atoms with E-state index >= 15 is 0 Å². The van der Waals surface area contributed by atoms with Crippen LogP contribution in [0, 0.1) is 0 Å². The molecule has 0 atom stereocenters. The monoisotopic (exact) mass is 194 g/mol. The highest BCUT2D eigenvalue weighted by Crippen LogP contribution is 2.30. The number of nitrogens with one attached hydrogen (secondary N) is 2. The molecule has 1 amide bonds. The van der Waals surface area contributed by atoms with Gasteiger partial charge in [-0.3, -0.25) is 4.79 Å². The summed E-state index contributed by atoms with van der Waals surface area (Å²) in [7, 11) is 0. The number of aliphatic hydroxyl groups is 1. The van der Waals surface area contributed by atoms with Crippen molar-refractivity contribution < 1.29 is 14.6 Å². The molecule has 1 aliphatic heterocycles. The fourth-order valence-electron chi connectivity index (χ4n) is 1.28. The van der Waals surface area contributed by atoms with Crippen LogP contribution in [-0.4, -0.2) is 24.4 Å². The van der Waals surface area contributed by atoms with Crippen LogP contribution >= 0.6 is 0 Å². The molecule has 14 heavy (non-hydrogen) atoms. The van der Waals surface area contributed by atoms with Crippen molar-refractivity contribution in [2.45, 2.75) is 0 Å². The van der Waals surface area contributed by atoms with Gasteiger partial charge in [-0.2, -0.15) is 0 Å². The lowest BCUT2D eigenvalue weighted by atomic mass is 10.2. The Morgan fingerprint density at radius 2 is 2.43 bits per heavy atom. The van der Waals surface area contributed by atoms with E-state index in [0.717, 1.165) is 5.69 Å². The first-order chi connectivity index (χ1) is 6.79. The SMILES string of the molecule is O=C1COc2ccc(NCO)cc2N1. The summed E-state index contributed by atoms with van der Waals surface area (Å²) in [6, 6.07) is 5.22. The molecule has 0 bridgehead atoms. The molecule has 5 nitrogen and oxygen atoms in total. The lowest BCUT2D eigenvalue weighted by Gasteiger charge is -2.18. The molecule has 1 aromatic rings. The molecule has 1 aromatic carbocycles. The number of rotatable bonds is 2. The molecule has 0 saturated carbocycles. The fourth-order valence-corrected chi connectivity index (χ4v) is 1.28. The van der Waals surface area contributed by atoms with E-state index in [1.165, 1.54) is 0 Å². The van der Waals surface area contributed by atoms with Gasteiger partial charge >= 0.3 is 0 Å². The maximum Gasteiger partial charge on any atom is 0.262 e. The second-order valence-electron chi connectivity index (χ2n) is 2.88. The minimum atomic E-state index is -0.168. The smallest absolute Gasteiger partial charge is 0.262 e. The maximum absolute atomic E-state index is 11.0. The Hall–Kier alpha value is -1.75. The Morgan fingerprint density at radius 1 is 1.57 bits per heavy atom. The van der Waals surface area contributed by atoms with Gasteiger partial charge in [0.1, 0.15) is 12.5 Å². The van der Waals surface area contributed by atoms with E-state index in [1.807, 2.05) is 0 Å². The molecule has 0 spiro atoms. The molecule has 1 aliphatic rings. The Bertz CT molecular complexity index is 365. The average Bonchev–Trinajstić information content (AvgIpc) is 2.17. The van der Waals surface area contributed by atoms with Gasteiger partial charge in [-0.05, 0) is 18.2 Å². The summed E-state index contributed by atoms with van der Waals surface area (Å²) < 4.78 is 5.17. The van der Waals surface area contributed by atoms with Crippen LogP contribution in [0.2, 0.25) is 0 Å². The van der Waals surface area contributed by atoms with Crippen LogP contribution in [0.3, 0.4) is 0 Å². The van der Waals surface area contributed by atoms with Crippen LogP contribution < -0.4 is 15.4 Å². The van der Waals surface area contributed by atoms with E-state index in [1.54, 1.807) is 18.2 Å². The van der Waals surface area contributed by atoms with Crippen LogP contribution in [0.15, 0.2) is 18.2 Å². The van der Waals surface area contributed by atoms with E-state index in [4.69, 9.17) is 9.84 Å². The highest BCUT2D eigenvalue weighted by atomic mass is 16.5. The van der Waals surface area contributed by atoms with Gasteiger partial charge in [-0.15, -0.1) is 0 Å². The van der Waals surface area contributed by atoms with Crippen molar-refractivity contribution in [3.8, 4) is 5.75 Å². The molecule has 0 saturated heterocycles. The van der Waals surface area contributed by atoms with E-state index in [9.17, 15) is 4.79 Å². The lowest BCUT2D eigenvalue weighted by molar-refractivity contribution is -0.118. The molecular weight excluding hydrogens is 184 g/mol. The first-order valence-electron chi connectivity index (χ1n) is 4.21. The molecule has 0 aliphatic carbocycles. The fraction of sp³-hybridized carbons (Fsp3) is 0.222. The molecule has 5 heteroatoms. The molecular formula is C9H10N2O3. The van der Waals surface area contributed by atoms with Gasteiger partial charge in [0.05, 0.1) is 5.69 Å². The van der Waals surface area contributed by atoms with E-state index < -0.39 is 0 Å². The van der Waals surface area contributed by atoms with Gasteiger partial charge in [0.15, 0.2) is 6.61 Å². The van der Waals surface area contributed by atoms with Gasteiger partial charge in [0, 0.05) is 5.69 Å². The highest BCUT2D eigenvalue weighted by molar-refractivity contribution is 5.95. The van der Waals surface area contributed by atoms with Gasteiger partial charge in [0.25, 0.3) is 5.91 Å². The standard InChI is InChI=1S/C9H10N2O3/c12-5-10-6-1-2-8-7(3-6)11-9(13)4-14-8/h1-3,10,12H,4-5H2,(H,11,13). The van der Waals surface area contributed by atoms with E-state index in [0.29, 0.717) is 11.4 Å². The summed E-state index contributed by atoms with van der Waals surface area (Å²) >= 11 is 0. The third kappa shape index (κ3) is 1.62. The Labute approximate surface area is 80.7 Å². The van der Waals surface area contributed by atoms with Crippen LogP contribution in [0.25, 0.3) is 0 Å². The molecule has 0 radical (unpaired) electrons. The van der Waals surface area contributed by atoms with E-state index in [-0.39, 0.29) is 19.2 Å². The van der Waals surface area contributed by atoms with Gasteiger partial charge in [-0.25, -0.2) is 0 Å². The van der Waals surface area contributed by atoms with Crippen LogP contribution in [0.1, 0.15) is 0 Å². The van der Waals surface area contributed by atoms with Crippen molar-refractivity contribution in [1.82, 2.24) is 0 Å². The van der Waals surface area contributed by atoms with E-state index in [2.05, 4.69) is 10.6 Å². The lowest BCUT2D eigenvalue weighted by Crippen LogP contribution is -2.25. The zero-order valence-electron chi connectivity index (χ0n) is 7.41. The number of ether oxygens (including phenoxy) is 1. The largest absolute Gasteiger partial charge is 0.482 e. The molecule has 3 N–H and O–H groups in total. The van der Waals surface area contributed by atoms with Crippen molar-refractivity contribution in [2.75, 3.05) is 24.0 Å². The number of carbonyl (C=O) groups is 1. The molecule has 2 rings (SSSR count). The predicted octanol–water partition coefficient (Wildman–Crippen LogP) is 0.379. The third-order valence-corrected chi connectivity index (χ3v) is 1.90. The number of anilines is 2. The maximum atomic E-state index is 11.0. The van der Waals surface area contributed by atoms with Crippen LogP contribution in [0.5, 0.6) is 5.75 Å². The Kier molecular flexibility index (Phi) is 2.24. The number of benzene rings is 1. The zero-order chi connectivity index (χ0) is 9.97. The second kappa shape index (κ2) is 3.55. The molecule has 0 fully saturated rings. The quantitative estimate of drug-likeness (QED) is 0.595.